The van der Waals surface area contributed by atoms with Crippen molar-refractivity contribution in [2.75, 3.05) is 26.2 Å². The first-order valence-corrected chi connectivity index (χ1v) is 3.48. The number of aliphatic hydroxyl groups is 1. The van der Waals surface area contributed by atoms with E-state index in [1.807, 2.05) is 0 Å². The summed E-state index contributed by atoms with van der Waals surface area (Å²) in [5, 5.41) is 14.9. The summed E-state index contributed by atoms with van der Waals surface area (Å²) in [4.78, 5) is 0. The molecule has 1 saturated heterocycles. The van der Waals surface area contributed by atoms with Crippen LogP contribution in [-0.2, 0) is 0 Å². The molecule has 0 saturated carbocycles. The molecule has 3 N–H and O–H groups in total. The highest BCUT2D eigenvalue weighted by molar-refractivity contribution is 4.76. The Hall–Kier alpha value is -0.120. The van der Waals surface area contributed by atoms with Crippen LogP contribution in [0.5, 0.6) is 0 Å². The van der Waals surface area contributed by atoms with Gasteiger partial charge in [0.2, 0.25) is 0 Å². The third kappa shape index (κ3) is 2.30. The fourth-order valence-corrected chi connectivity index (χ4v) is 1.10. The molecule has 54 valence electrons. The van der Waals surface area contributed by atoms with Gasteiger partial charge in [0.25, 0.3) is 0 Å². The Balaban J connectivity index is 1.98. The Morgan fingerprint density at radius 1 is 1.67 bits per heavy atom. The lowest BCUT2D eigenvalue weighted by molar-refractivity contribution is 0.285. The van der Waals surface area contributed by atoms with Gasteiger partial charge in [-0.05, 0) is 13.0 Å². The molecule has 0 aromatic rings. The number of aliphatic hydroxyl groups excluding tert-OH is 1. The molecule has 1 atom stereocenters. The summed E-state index contributed by atoms with van der Waals surface area (Å²) in [5.41, 5.74) is 0. The maximum Gasteiger partial charge on any atom is 0.0556 e. The molecule has 0 bridgehead atoms. The van der Waals surface area contributed by atoms with Crippen LogP contribution in [0.25, 0.3) is 0 Å². The Morgan fingerprint density at radius 2 is 2.56 bits per heavy atom. The van der Waals surface area contributed by atoms with E-state index in [-0.39, 0.29) is 6.61 Å². The molecule has 0 aromatic carbocycles. The Kier molecular flexibility index (Phi) is 2.97. The van der Waals surface area contributed by atoms with Gasteiger partial charge in [-0.2, -0.15) is 0 Å². The lowest BCUT2D eigenvalue weighted by atomic mass is 10.3. The largest absolute Gasteiger partial charge is 0.395 e. The summed E-state index contributed by atoms with van der Waals surface area (Å²) in [6.45, 7) is 3.14. The average Bonchev–Trinajstić information content (AvgIpc) is 2.34. The monoisotopic (exact) mass is 130 g/mol. The smallest absolute Gasteiger partial charge is 0.0556 e. The second-order valence-electron chi connectivity index (χ2n) is 2.37. The summed E-state index contributed by atoms with van der Waals surface area (Å²) >= 11 is 0. The Morgan fingerprint density at radius 3 is 3.11 bits per heavy atom. The van der Waals surface area contributed by atoms with Gasteiger partial charge in [0, 0.05) is 19.1 Å². The maximum absolute atomic E-state index is 8.44. The van der Waals surface area contributed by atoms with Crippen LogP contribution in [-0.4, -0.2) is 37.4 Å². The normalized spacial score (nSPS) is 27.0. The lowest BCUT2D eigenvalue weighted by Gasteiger charge is -2.07. The summed E-state index contributed by atoms with van der Waals surface area (Å²) in [7, 11) is 0. The van der Waals surface area contributed by atoms with Gasteiger partial charge < -0.3 is 15.7 Å². The minimum Gasteiger partial charge on any atom is -0.395 e. The van der Waals surface area contributed by atoms with Crippen molar-refractivity contribution >= 4 is 0 Å². The summed E-state index contributed by atoms with van der Waals surface area (Å²) < 4.78 is 0. The van der Waals surface area contributed by atoms with Gasteiger partial charge >= 0.3 is 0 Å². The minimum atomic E-state index is 0.247. The van der Waals surface area contributed by atoms with Gasteiger partial charge in [0.15, 0.2) is 0 Å². The van der Waals surface area contributed by atoms with Crippen LogP contribution in [0.15, 0.2) is 0 Å². The number of rotatable bonds is 3. The molecule has 3 nitrogen and oxygen atoms in total. The van der Waals surface area contributed by atoms with Crippen molar-refractivity contribution in [2.45, 2.75) is 12.5 Å². The van der Waals surface area contributed by atoms with Crippen LogP contribution in [0.3, 0.4) is 0 Å². The predicted octanol–water partition coefficient (Wildman–Crippen LogP) is -1.07. The first-order chi connectivity index (χ1) is 4.43. The third-order valence-corrected chi connectivity index (χ3v) is 1.61. The molecule has 1 heterocycles. The van der Waals surface area contributed by atoms with E-state index in [1.165, 1.54) is 6.42 Å². The highest BCUT2D eigenvalue weighted by Crippen LogP contribution is 1.94. The molecule has 1 rings (SSSR count). The first-order valence-electron chi connectivity index (χ1n) is 3.48. The minimum absolute atomic E-state index is 0.247. The zero-order chi connectivity index (χ0) is 6.53. The highest BCUT2D eigenvalue weighted by atomic mass is 16.3. The van der Waals surface area contributed by atoms with Crippen molar-refractivity contribution in [3.63, 3.8) is 0 Å². The van der Waals surface area contributed by atoms with Crippen LogP contribution in [0.2, 0.25) is 0 Å². The zero-order valence-corrected chi connectivity index (χ0v) is 5.56. The fraction of sp³-hybridized carbons (Fsp3) is 1.00. The Labute approximate surface area is 55.5 Å². The highest BCUT2D eigenvalue weighted by Gasteiger charge is 2.11. The van der Waals surface area contributed by atoms with Gasteiger partial charge in [0.1, 0.15) is 0 Å². The molecule has 0 aliphatic carbocycles. The molecule has 9 heavy (non-hydrogen) atoms. The summed E-state index contributed by atoms with van der Waals surface area (Å²) in [6, 6.07) is 0.595. The van der Waals surface area contributed by atoms with Gasteiger partial charge in [0.05, 0.1) is 6.61 Å². The molecular weight excluding hydrogens is 116 g/mol. The van der Waals surface area contributed by atoms with Crippen molar-refractivity contribution in [1.82, 2.24) is 10.6 Å². The summed E-state index contributed by atoms with van der Waals surface area (Å²) in [5.74, 6) is 0. The quantitative estimate of drug-likeness (QED) is 0.456. The molecule has 1 fully saturated rings. The van der Waals surface area contributed by atoms with Gasteiger partial charge in [-0.15, -0.1) is 0 Å². The molecule has 3 heteroatoms. The van der Waals surface area contributed by atoms with Crippen LogP contribution < -0.4 is 10.6 Å². The first kappa shape index (κ1) is 6.99. The standard InChI is InChI=1S/C6H14N2O/c9-4-3-8-6-1-2-7-5-6/h6-9H,1-5H2. The lowest BCUT2D eigenvalue weighted by Crippen LogP contribution is -2.32. The van der Waals surface area contributed by atoms with E-state index in [1.54, 1.807) is 0 Å². The zero-order valence-electron chi connectivity index (χ0n) is 5.56. The molecule has 1 aliphatic heterocycles. The maximum atomic E-state index is 8.44. The average molecular weight is 130 g/mol. The molecule has 0 spiro atoms. The van der Waals surface area contributed by atoms with E-state index in [9.17, 15) is 0 Å². The van der Waals surface area contributed by atoms with E-state index < -0.39 is 0 Å². The van der Waals surface area contributed by atoms with E-state index in [2.05, 4.69) is 10.6 Å². The van der Waals surface area contributed by atoms with E-state index in [4.69, 9.17) is 5.11 Å². The van der Waals surface area contributed by atoms with Crippen molar-refractivity contribution in [2.24, 2.45) is 0 Å². The second kappa shape index (κ2) is 3.82. The third-order valence-electron chi connectivity index (χ3n) is 1.61. The Bertz CT molecular complexity index is 71.5. The fourth-order valence-electron chi connectivity index (χ4n) is 1.10. The van der Waals surface area contributed by atoms with Crippen LogP contribution in [0, 0.1) is 0 Å². The van der Waals surface area contributed by atoms with E-state index in [0.29, 0.717) is 6.04 Å². The SMILES string of the molecule is OCCNC1CCNC1. The summed E-state index contributed by atoms with van der Waals surface area (Å²) in [6.07, 6.45) is 1.19. The van der Waals surface area contributed by atoms with E-state index in [0.717, 1.165) is 19.6 Å². The predicted molar refractivity (Wildman–Crippen MR) is 36.4 cm³/mol. The molecule has 1 aliphatic rings. The van der Waals surface area contributed by atoms with Gasteiger partial charge in [-0.1, -0.05) is 0 Å². The molecule has 0 radical (unpaired) electrons. The van der Waals surface area contributed by atoms with Crippen LogP contribution in [0.4, 0.5) is 0 Å². The molecule has 0 amide bonds. The van der Waals surface area contributed by atoms with Crippen molar-refractivity contribution in [3.8, 4) is 0 Å². The van der Waals surface area contributed by atoms with E-state index >= 15 is 0 Å². The topological polar surface area (TPSA) is 44.3 Å². The van der Waals surface area contributed by atoms with Gasteiger partial charge in [-0.3, -0.25) is 0 Å². The second-order valence-corrected chi connectivity index (χ2v) is 2.37. The van der Waals surface area contributed by atoms with Crippen molar-refractivity contribution in [3.05, 3.63) is 0 Å². The molecular formula is C6H14N2O. The number of nitrogens with one attached hydrogen (secondary N) is 2. The number of hydrogen-bond acceptors (Lipinski definition) is 3. The van der Waals surface area contributed by atoms with Crippen LogP contribution in [0.1, 0.15) is 6.42 Å². The molecule has 1 unspecified atom stereocenters. The number of hydrogen-bond donors (Lipinski definition) is 3. The van der Waals surface area contributed by atoms with Crippen LogP contribution >= 0.6 is 0 Å². The molecule has 0 aromatic heterocycles. The van der Waals surface area contributed by atoms with Crippen molar-refractivity contribution in [1.29, 1.82) is 0 Å². The van der Waals surface area contributed by atoms with Gasteiger partial charge in [-0.25, -0.2) is 0 Å². The van der Waals surface area contributed by atoms with Crippen molar-refractivity contribution < 1.29 is 5.11 Å².